The third kappa shape index (κ3) is 1.98. The predicted molar refractivity (Wildman–Crippen MR) is 43.2 cm³/mol. The Balaban J connectivity index is 2.88. The number of furan rings is 1. The average Bonchev–Trinajstić information content (AvgIpc) is 2.61. The van der Waals surface area contributed by atoms with Crippen molar-refractivity contribution in [2.75, 3.05) is 0 Å². The number of nitrogen functional groups attached to an aromatic ring is 1. The van der Waals surface area contributed by atoms with Gasteiger partial charge in [-0.05, 0) is 11.6 Å². The molecule has 0 aromatic carbocycles. The van der Waals surface area contributed by atoms with E-state index in [9.17, 15) is 4.79 Å². The van der Waals surface area contributed by atoms with Crippen molar-refractivity contribution < 1.29 is 9.21 Å². The quantitative estimate of drug-likeness (QED) is 0.178. The molecule has 68 valence electrons. The van der Waals surface area contributed by atoms with Crippen LogP contribution in [0.15, 0.2) is 21.9 Å². The molecule has 7 heteroatoms. The number of hydrogen-bond acceptors (Lipinski definition) is 4. The summed E-state index contributed by atoms with van der Waals surface area (Å²) in [6.45, 7) is 0.0652. The molecule has 0 saturated heterocycles. The van der Waals surface area contributed by atoms with Crippen molar-refractivity contribution in [3.8, 4) is 0 Å². The number of nitrogens with two attached hydrogens (primary N) is 1. The molecule has 0 unspecified atom stereocenters. The van der Waals surface area contributed by atoms with Crippen LogP contribution in [0.1, 0.15) is 16.1 Å². The van der Waals surface area contributed by atoms with Crippen LogP contribution in [-0.2, 0) is 6.54 Å². The molecule has 0 radical (unpaired) electrons. The third-order valence-corrected chi connectivity index (χ3v) is 1.39. The lowest BCUT2D eigenvalue weighted by Crippen LogP contribution is -2.30. The fourth-order valence-electron chi connectivity index (χ4n) is 0.833. The van der Waals surface area contributed by atoms with E-state index in [-0.39, 0.29) is 12.3 Å². The molecule has 13 heavy (non-hydrogen) atoms. The molecule has 1 aromatic rings. The van der Waals surface area contributed by atoms with E-state index >= 15 is 0 Å². The normalized spacial score (nSPS) is 9.00. The minimum Gasteiger partial charge on any atom is -0.459 e. The van der Waals surface area contributed by atoms with Crippen LogP contribution >= 0.6 is 0 Å². The standard InChI is InChI=1S/C6H7N5O2/c7-10-6(12)5-4(1-2-13-5)3-9-11-8/h1-2H,3,7H2,(H,10,12). The number of azide groups is 1. The highest BCUT2D eigenvalue weighted by Crippen LogP contribution is 2.11. The summed E-state index contributed by atoms with van der Waals surface area (Å²) in [7, 11) is 0. The maximum Gasteiger partial charge on any atom is 0.301 e. The van der Waals surface area contributed by atoms with Crippen LogP contribution in [0.25, 0.3) is 10.4 Å². The Kier molecular flexibility index (Phi) is 2.91. The maximum absolute atomic E-state index is 11.0. The molecule has 1 amide bonds. The second kappa shape index (κ2) is 4.15. The largest absolute Gasteiger partial charge is 0.459 e. The van der Waals surface area contributed by atoms with Crippen molar-refractivity contribution in [2.45, 2.75) is 6.54 Å². The molecule has 1 heterocycles. The van der Waals surface area contributed by atoms with E-state index in [2.05, 4.69) is 10.0 Å². The molecular weight excluding hydrogens is 174 g/mol. The number of carbonyl (C=O) groups excluding carboxylic acids is 1. The van der Waals surface area contributed by atoms with E-state index in [0.29, 0.717) is 5.56 Å². The molecule has 0 aliphatic carbocycles. The molecular formula is C6H7N5O2. The number of hydrazine groups is 1. The topological polar surface area (TPSA) is 117 Å². The lowest BCUT2D eigenvalue weighted by molar-refractivity contribution is 0.0924. The van der Waals surface area contributed by atoms with Crippen molar-refractivity contribution in [2.24, 2.45) is 11.0 Å². The molecule has 7 nitrogen and oxygen atoms in total. The number of nitrogens with zero attached hydrogens (tertiary/aromatic N) is 3. The highest BCUT2D eigenvalue weighted by atomic mass is 16.3. The predicted octanol–water partition coefficient (Wildman–Crippen LogP) is 0.693. The van der Waals surface area contributed by atoms with Crippen molar-refractivity contribution in [1.29, 1.82) is 0 Å². The molecule has 1 rings (SSSR count). The van der Waals surface area contributed by atoms with Gasteiger partial charge in [-0.2, -0.15) is 0 Å². The van der Waals surface area contributed by atoms with Gasteiger partial charge in [0.05, 0.1) is 12.8 Å². The molecule has 1 aromatic heterocycles. The van der Waals surface area contributed by atoms with Gasteiger partial charge in [0.25, 0.3) is 0 Å². The van der Waals surface area contributed by atoms with Crippen LogP contribution in [0, 0.1) is 0 Å². The molecule has 0 fully saturated rings. The molecule has 0 aliphatic heterocycles. The van der Waals surface area contributed by atoms with E-state index < -0.39 is 5.91 Å². The zero-order valence-electron chi connectivity index (χ0n) is 6.60. The van der Waals surface area contributed by atoms with Gasteiger partial charge < -0.3 is 4.42 Å². The SMILES string of the molecule is [N-]=[N+]=NCc1ccoc1C(=O)NN. The highest BCUT2D eigenvalue weighted by Gasteiger charge is 2.12. The maximum atomic E-state index is 11.0. The highest BCUT2D eigenvalue weighted by molar-refractivity contribution is 5.92. The molecule has 0 bridgehead atoms. The number of carbonyl (C=O) groups is 1. The monoisotopic (exact) mass is 181 g/mol. The van der Waals surface area contributed by atoms with E-state index in [1.165, 1.54) is 6.26 Å². The summed E-state index contributed by atoms with van der Waals surface area (Å²) in [6, 6.07) is 1.54. The molecule has 0 spiro atoms. The Morgan fingerprint density at radius 3 is 3.23 bits per heavy atom. The van der Waals surface area contributed by atoms with E-state index in [1.807, 2.05) is 5.43 Å². The van der Waals surface area contributed by atoms with Gasteiger partial charge in [-0.1, -0.05) is 5.11 Å². The first-order valence-corrected chi connectivity index (χ1v) is 3.37. The fourth-order valence-corrected chi connectivity index (χ4v) is 0.833. The lowest BCUT2D eigenvalue weighted by atomic mass is 10.2. The second-order valence-corrected chi connectivity index (χ2v) is 2.14. The summed E-state index contributed by atoms with van der Waals surface area (Å²) in [6.07, 6.45) is 1.33. The Morgan fingerprint density at radius 2 is 2.62 bits per heavy atom. The smallest absolute Gasteiger partial charge is 0.301 e. The molecule has 0 aliphatic rings. The minimum absolute atomic E-state index is 0.0647. The van der Waals surface area contributed by atoms with Gasteiger partial charge in [0, 0.05) is 10.5 Å². The van der Waals surface area contributed by atoms with Crippen molar-refractivity contribution in [3.05, 3.63) is 34.1 Å². The van der Waals surface area contributed by atoms with Crippen LogP contribution in [0.4, 0.5) is 0 Å². The van der Waals surface area contributed by atoms with E-state index in [0.717, 1.165) is 0 Å². The van der Waals surface area contributed by atoms with Crippen molar-refractivity contribution in [3.63, 3.8) is 0 Å². The van der Waals surface area contributed by atoms with Crippen LogP contribution < -0.4 is 11.3 Å². The average molecular weight is 181 g/mol. The number of rotatable bonds is 3. The zero-order valence-corrected chi connectivity index (χ0v) is 6.60. The summed E-state index contributed by atoms with van der Waals surface area (Å²) in [5.74, 6) is 4.41. The van der Waals surface area contributed by atoms with Gasteiger partial charge in [0.2, 0.25) is 0 Å². The Morgan fingerprint density at radius 1 is 1.85 bits per heavy atom. The number of hydrogen-bond donors (Lipinski definition) is 2. The zero-order chi connectivity index (χ0) is 9.68. The first-order valence-electron chi connectivity index (χ1n) is 3.37. The minimum atomic E-state index is -0.548. The van der Waals surface area contributed by atoms with Gasteiger partial charge in [-0.15, -0.1) is 0 Å². The molecule has 3 N–H and O–H groups in total. The Hall–Kier alpha value is -1.98. The summed E-state index contributed by atoms with van der Waals surface area (Å²) in [4.78, 5) is 13.6. The van der Waals surface area contributed by atoms with Gasteiger partial charge in [-0.25, -0.2) is 5.84 Å². The van der Waals surface area contributed by atoms with Crippen LogP contribution in [0.3, 0.4) is 0 Å². The van der Waals surface area contributed by atoms with Gasteiger partial charge in [-0.3, -0.25) is 10.2 Å². The summed E-state index contributed by atoms with van der Waals surface area (Å²) in [5, 5.41) is 3.29. The molecule has 0 atom stereocenters. The van der Waals surface area contributed by atoms with Crippen LogP contribution in [-0.4, -0.2) is 5.91 Å². The first-order chi connectivity index (χ1) is 6.29. The Bertz CT molecular complexity index is 352. The fraction of sp³-hybridized carbons (Fsp3) is 0.167. The third-order valence-electron chi connectivity index (χ3n) is 1.39. The molecule has 0 saturated carbocycles. The van der Waals surface area contributed by atoms with Gasteiger partial charge in [0.1, 0.15) is 0 Å². The van der Waals surface area contributed by atoms with E-state index in [1.54, 1.807) is 6.07 Å². The van der Waals surface area contributed by atoms with Gasteiger partial charge >= 0.3 is 5.91 Å². The van der Waals surface area contributed by atoms with Crippen LogP contribution in [0.5, 0.6) is 0 Å². The van der Waals surface area contributed by atoms with Crippen molar-refractivity contribution in [1.82, 2.24) is 5.43 Å². The van der Waals surface area contributed by atoms with E-state index in [4.69, 9.17) is 15.8 Å². The Labute approximate surface area is 73.1 Å². The lowest BCUT2D eigenvalue weighted by Gasteiger charge is -1.96. The van der Waals surface area contributed by atoms with Gasteiger partial charge in [0.15, 0.2) is 5.76 Å². The van der Waals surface area contributed by atoms with Crippen LogP contribution in [0.2, 0.25) is 0 Å². The van der Waals surface area contributed by atoms with Crippen molar-refractivity contribution >= 4 is 5.91 Å². The number of nitrogens with one attached hydrogen (secondary N) is 1. The first kappa shape index (κ1) is 9.11. The summed E-state index contributed by atoms with van der Waals surface area (Å²) in [5.41, 5.74) is 10.5. The second-order valence-electron chi connectivity index (χ2n) is 2.14. The summed E-state index contributed by atoms with van der Waals surface area (Å²) >= 11 is 0. The number of amides is 1. The summed E-state index contributed by atoms with van der Waals surface area (Å²) < 4.78 is 4.84.